The molecular weight excluding hydrogens is 391 g/mol. The summed E-state index contributed by atoms with van der Waals surface area (Å²) in [7, 11) is -4.84. The van der Waals surface area contributed by atoms with Crippen molar-refractivity contribution in [3.63, 3.8) is 0 Å². The third kappa shape index (κ3) is 22.5. The van der Waals surface area contributed by atoms with Crippen LogP contribution in [0.5, 0.6) is 0 Å². The molecule has 0 amide bonds. The fourth-order valence-electron chi connectivity index (χ4n) is 1.92. The van der Waals surface area contributed by atoms with Crippen molar-refractivity contribution in [3.8, 4) is 0 Å². The summed E-state index contributed by atoms with van der Waals surface area (Å²) < 4.78 is 33.8. The van der Waals surface area contributed by atoms with Crippen LogP contribution >= 0.6 is 0 Å². The van der Waals surface area contributed by atoms with Gasteiger partial charge in [0.1, 0.15) is 0 Å². The van der Waals surface area contributed by atoms with Crippen LogP contribution in [0.4, 0.5) is 0 Å². The van der Waals surface area contributed by atoms with E-state index in [4.69, 9.17) is 19.5 Å². The first-order valence-corrected chi connectivity index (χ1v) is 9.95. The number of aliphatic carboxylic acids is 2. The molecule has 10 heteroatoms. The van der Waals surface area contributed by atoms with Crippen molar-refractivity contribution >= 4 is 22.1 Å². The maximum absolute atomic E-state index is 10.2. The Morgan fingerprint density at radius 1 is 1.00 bits per heavy atom. The monoisotopic (exact) mass is 422 g/mol. The second-order valence-electron chi connectivity index (χ2n) is 5.53. The Morgan fingerprint density at radius 3 is 1.77 bits per heavy atom. The molecule has 0 radical (unpaired) electrons. The Bertz CT molecular complexity index is 443. The number of unbranched alkanes of at least 4 members (excludes halogenated alkanes) is 7. The minimum Gasteiger partial charge on any atom is -0.481 e. The van der Waals surface area contributed by atoms with E-state index in [1.165, 1.54) is 51.4 Å². The number of carboxylic acid groups (broad SMARTS) is 2. The average molecular weight is 423 g/mol. The van der Waals surface area contributed by atoms with Crippen LogP contribution in [-0.2, 0) is 24.4 Å². The van der Waals surface area contributed by atoms with Gasteiger partial charge in [0, 0.05) is 6.61 Å². The Labute approximate surface area is 199 Å². The fraction of sp³-hybridized carbons (Fsp3) is 0.812. The zero-order chi connectivity index (χ0) is 19.7. The van der Waals surface area contributed by atoms with Crippen molar-refractivity contribution in [2.45, 2.75) is 70.0 Å². The summed E-state index contributed by atoms with van der Waals surface area (Å²) in [5, 5.41) is 13.9. The first-order chi connectivity index (χ1) is 11.7. The number of rotatable bonds is 14. The van der Waals surface area contributed by atoms with E-state index in [-0.39, 0.29) is 51.4 Å². The van der Waals surface area contributed by atoms with E-state index in [0.717, 1.165) is 6.61 Å². The smallest absolute Gasteiger partial charge is 0.481 e. The van der Waals surface area contributed by atoms with E-state index in [2.05, 4.69) is 13.8 Å². The molecule has 1 unspecified atom stereocenters. The van der Waals surface area contributed by atoms with Crippen LogP contribution in [-0.4, -0.2) is 53.6 Å². The van der Waals surface area contributed by atoms with E-state index >= 15 is 0 Å². The largest absolute Gasteiger partial charge is 1.00 e. The molecule has 0 saturated heterocycles. The molecule has 26 heavy (non-hydrogen) atoms. The summed E-state index contributed by atoms with van der Waals surface area (Å²) >= 11 is 0. The van der Waals surface area contributed by atoms with Gasteiger partial charge in [-0.15, -0.1) is 0 Å². The number of carboxylic acids is 2. The number of carbonyl (C=O) groups is 2. The van der Waals surface area contributed by atoms with Crippen molar-refractivity contribution in [3.05, 3.63) is 6.92 Å². The second kappa shape index (κ2) is 20.2. The van der Waals surface area contributed by atoms with Crippen LogP contribution in [0.15, 0.2) is 0 Å². The zero-order valence-electron chi connectivity index (χ0n) is 15.9. The van der Waals surface area contributed by atoms with Gasteiger partial charge in [-0.05, 0) is 6.42 Å². The van der Waals surface area contributed by atoms with Gasteiger partial charge in [0.05, 0.1) is 6.42 Å². The summed E-state index contributed by atoms with van der Waals surface area (Å²) in [6.07, 6.45) is 9.76. The topological polar surface area (TPSA) is 138 Å². The molecule has 0 aromatic rings. The van der Waals surface area contributed by atoms with E-state index in [1.807, 2.05) is 0 Å². The molecule has 0 fully saturated rings. The third-order valence-corrected chi connectivity index (χ3v) is 4.37. The van der Waals surface area contributed by atoms with Gasteiger partial charge in [-0.2, -0.15) is 8.42 Å². The first-order valence-electron chi connectivity index (χ1n) is 8.44. The van der Waals surface area contributed by atoms with E-state index < -0.39 is 33.7 Å². The first kappa shape index (κ1) is 31.2. The third-order valence-electron chi connectivity index (χ3n) is 3.28. The number of hydrogen-bond acceptors (Lipinski definition) is 5. The maximum atomic E-state index is 10.2. The van der Waals surface area contributed by atoms with Gasteiger partial charge in [-0.1, -0.05) is 58.5 Å². The van der Waals surface area contributed by atoms with Crippen molar-refractivity contribution in [2.75, 3.05) is 13.2 Å². The normalized spacial score (nSPS) is 11.7. The summed E-state index contributed by atoms with van der Waals surface area (Å²) in [5.41, 5.74) is 0. The summed E-state index contributed by atoms with van der Waals surface area (Å²) in [5.74, 6) is -3.50. The van der Waals surface area contributed by atoms with Crippen molar-refractivity contribution in [2.24, 2.45) is 0 Å². The molecule has 0 aliphatic rings. The standard InChI is InChI=1S/C12H25O.C4H6O7S.K/c1-3-5-6-7-8-9-10-11-12-13-4-2;5-3(6)1-2(4(7)8)12(9,10)11;/h2-12H2,1H3;2H,1H2,(H,5,6)(H,7,8)(H,9,10,11);/q-1;;+1. The van der Waals surface area contributed by atoms with Gasteiger partial charge in [0.15, 0.2) is 5.25 Å². The Balaban J connectivity index is -0.000000393. The predicted octanol–water partition coefficient (Wildman–Crippen LogP) is -0.216. The van der Waals surface area contributed by atoms with Gasteiger partial charge in [-0.25, -0.2) is 0 Å². The Kier molecular flexibility index (Phi) is 24.2. The van der Waals surface area contributed by atoms with Gasteiger partial charge >= 0.3 is 63.3 Å². The molecule has 0 bridgehead atoms. The molecule has 1 atom stereocenters. The minimum atomic E-state index is -4.84. The molecule has 8 nitrogen and oxygen atoms in total. The second-order valence-corrected chi connectivity index (χ2v) is 7.13. The van der Waals surface area contributed by atoms with Crippen molar-refractivity contribution in [1.29, 1.82) is 0 Å². The molecule has 0 saturated carbocycles. The predicted molar refractivity (Wildman–Crippen MR) is 94.0 cm³/mol. The molecule has 0 heterocycles. The average Bonchev–Trinajstić information content (AvgIpc) is 2.50. The molecular formula is C16H31KO8S. The van der Waals surface area contributed by atoms with Crippen LogP contribution in [0.3, 0.4) is 0 Å². The van der Waals surface area contributed by atoms with E-state index in [1.54, 1.807) is 0 Å². The van der Waals surface area contributed by atoms with E-state index in [9.17, 15) is 18.0 Å². The fourth-order valence-corrected chi connectivity index (χ4v) is 2.53. The van der Waals surface area contributed by atoms with Gasteiger partial charge in [-0.3, -0.25) is 14.1 Å². The molecule has 0 aliphatic heterocycles. The summed E-state index contributed by atoms with van der Waals surface area (Å²) in [6.45, 7) is 7.41. The summed E-state index contributed by atoms with van der Waals surface area (Å²) in [4.78, 5) is 20.0. The van der Waals surface area contributed by atoms with Crippen LogP contribution in [0, 0.1) is 6.92 Å². The SMILES string of the molecule is O=C(O)CC(C(=O)O)S(=O)(=O)O.[CH2-]COCCCCCCCCCC.[K+]. The van der Waals surface area contributed by atoms with Crippen molar-refractivity contribution in [1.82, 2.24) is 0 Å². The number of hydrogen-bond donors (Lipinski definition) is 3. The van der Waals surface area contributed by atoms with Gasteiger partial charge < -0.3 is 21.9 Å². The van der Waals surface area contributed by atoms with E-state index in [0.29, 0.717) is 6.61 Å². The molecule has 0 aliphatic carbocycles. The molecule has 0 aromatic heterocycles. The summed E-state index contributed by atoms with van der Waals surface area (Å²) in [6, 6.07) is 0. The van der Waals surface area contributed by atoms with Gasteiger partial charge in [0.25, 0.3) is 10.1 Å². The Morgan fingerprint density at radius 2 is 1.46 bits per heavy atom. The molecule has 0 rings (SSSR count). The number of ether oxygens (including phenoxy) is 1. The molecule has 150 valence electrons. The Hall–Kier alpha value is 0.446. The molecule has 3 N–H and O–H groups in total. The quantitative estimate of drug-likeness (QED) is 0.151. The van der Waals surface area contributed by atoms with Crippen LogP contribution in [0.25, 0.3) is 0 Å². The zero-order valence-corrected chi connectivity index (χ0v) is 19.8. The minimum absolute atomic E-state index is 0. The van der Waals surface area contributed by atoms with Crippen molar-refractivity contribution < 1.29 is 88.9 Å². The molecule has 0 spiro atoms. The maximum Gasteiger partial charge on any atom is 1.00 e. The van der Waals surface area contributed by atoms with Crippen LogP contribution in [0.1, 0.15) is 64.7 Å². The van der Waals surface area contributed by atoms with Gasteiger partial charge in [0.2, 0.25) is 0 Å². The van der Waals surface area contributed by atoms with Crippen LogP contribution in [0.2, 0.25) is 0 Å². The van der Waals surface area contributed by atoms with Crippen LogP contribution < -0.4 is 51.4 Å². The molecule has 0 aromatic carbocycles.